The van der Waals surface area contributed by atoms with E-state index in [1.807, 2.05) is 13.8 Å². The standard InChI is InChI=1S/C11H16ClN3O2S2/c1-4-8(5-2)14(3)19(16,17)10-9(12)13-11-15(10)6-7-18-11/h6-8H,4-5H2,1-3H3. The number of hydrogen-bond donors (Lipinski definition) is 0. The summed E-state index contributed by atoms with van der Waals surface area (Å²) in [7, 11) is -2.05. The van der Waals surface area contributed by atoms with Gasteiger partial charge in [-0.15, -0.1) is 11.3 Å². The maximum atomic E-state index is 12.7. The van der Waals surface area contributed by atoms with E-state index in [1.54, 1.807) is 18.6 Å². The molecule has 2 aromatic rings. The lowest BCUT2D eigenvalue weighted by molar-refractivity contribution is 0.348. The third-order valence-electron chi connectivity index (χ3n) is 3.26. The van der Waals surface area contributed by atoms with Gasteiger partial charge in [-0.05, 0) is 12.8 Å². The highest BCUT2D eigenvalue weighted by molar-refractivity contribution is 7.89. The third-order valence-corrected chi connectivity index (χ3v) is 6.33. The zero-order valence-electron chi connectivity index (χ0n) is 11.0. The maximum absolute atomic E-state index is 12.7. The van der Waals surface area contributed by atoms with Crippen molar-refractivity contribution < 1.29 is 8.42 Å². The molecule has 0 aliphatic carbocycles. The molecule has 0 saturated heterocycles. The number of hydrogen-bond acceptors (Lipinski definition) is 4. The number of fused-ring (bicyclic) bond motifs is 1. The lowest BCUT2D eigenvalue weighted by Crippen LogP contribution is -2.36. The lowest BCUT2D eigenvalue weighted by Gasteiger charge is -2.25. The van der Waals surface area contributed by atoms with Crippen molar-refractivity contribution in [2.24, 2.45) is 0 Å². The number of nitrogens with zero attached hydrogens (tertiary/aromatic N) is 3. The number of thiazole rings is 1. The first-order valence-electron chi connectivity index (χ1n) is 6.02. The molecule has 0 saturated carbocycles. The van der Waals surface area contributed by atoms with E-state index in [1.165, 1.54) is 20.0 Å². The molecule has 2 heterocycles. The molecule has 0 spiro atoms. The van der Waals surface area contributed by atoms with Gasteiger partial charge in [-0.3, -0.25) is 4.40 Å². The molecule has 0 aromatic carbocycles. The van der Waals surface area contributed by atoms with Crippen LogP contribution in [0.1, 0.15) is 26.7 Å². The van der Waals surface area contributed by atoms with Gasteiger partial charge in [0.1, 0.15) is 0 Å². The van der Waals surface area contributed by atoms with Crippen LogP contribution < -0.4 is 0 Å². The molecule has 2 aromatic heterocycles. The van der Waals surface area contributed by atoms with Gasteiger partial charge < -0.3 is 0 Å². The van der Waals surface area contributed by atoms with Crippen LogP contribution in [0, 0.1) is 0 Å². The first-order chi connectivity index (χ1) is 8.93. The average molecular weight is 322 g/mol. The smallest absolute Gasteiger partial charge is 0.262 e. The molecule has 5 nitrogen and oxygen atoms in total. The van der Waals surface area contributed by atoms with Crippen molar-refractivity contribution in [2.45, 2.75) is 37.8 Å². The zero-order valence-corrected chi connectivity index (χ0v) is 13.4. The van der Waals surface area contributed by atoms with Gasteiger partial charge in [-0.1, -0.05) is 25.4 Å². The molecular formula is C11H16ClN3O2S2. The van der Waals surface area contributed by atoms with Crippen LogP contribution in [-0.4, -0.2) is 35.2 Å². The minimum absolute atomic E-state index is 0.0321. The van der Waals surface area contributed by atoms with E-state index in [0.29, 0.717) is 4.96 Å². The van der Waals surface area contributed by atoms with Gasteiger partial charge in [0.25, 0.3) is 10.0 Å². The van der Waals surface area contributed by atoms with Crippen molar-refractivity contribution in [3.05, 3.63) is 16.7 Å². The number of sulfonamides is 1. The van der Waals surface area contributed by atoms with E-state index in [9.17, 15) is 8.42 Å². The van der Waals surface area contributed by atoms with E-state index < -0.39 is 10.0 Å². The van der Waals surface area contributed by atoms with Crippen LogP contribution in [0.4, 0.5) is 0 Å². The van der Waals surface area contributed by atoms with Crippen LogP contribution in [0.25, 0.3) is 4.96 Å². The van der Waals surface area contributed by atoms with Gasteiger partial charge in [-0.25, -0.2) is 13.4 Å². The Labute approximate surface area is 121 Å². The monoisotopic (exact) mass is 321 g/mol. The summed E-state index contributed by atoms with van der Waals surface area (Å²) in [5.41, 5.74) is 0. The summed E-state index contributed by atoms with van der Waals surface area (Å²) in [6, 6.07) is -0.0368. The Balaban J connectivity index is 2.55. The summed E-state index contributed by atoms with van der Waals surface area (Å²) in [5, 5.41) is 1.87. The molecule has 0 unspecified atom stereocenters. The first-order valence-corrected chi connectivity index (χ1v) is 8.72. The summed E-state index contributed by atoms with van der Waals surface area (Å²) in [5.74, 6) is 0. The Hall–Kier alpha value is -0.630. The molecule has 0 fully saturated rings. The van der Waals surface area contributed by atoms with E-state index in [0.717, 1.165) is 12.8 Å². The fraction of sp³-hybridized carbons (Fsp3) is 0.545. The second-order valence-corrected chi connectivity index (χ2v) is 7.40. The van der Waals surface area contributed by atoms with E-state index >= 15 is 0 Å². The highest BCUT2D eigenvalue weighted by Crippen LogP contribution is 2.28. The van der Waals surface area contributed by atoms with E-state index in [-0.39, 0.29) is 16.2 Å². The van der Waals surface area contributed by atoms with Gasteiger partial charge in [0, 0.05) is 24.7 Å². The fourth-order valence-corrected chi connectivity index (χ4v) is 5.01. The minimum atomic E-state index is -3.64. The van der Waals surface area contributed by atoms with Crippen molar-refractivity contribution in [3.63, 3.8) is 0 Å². The second-order valence-electron chi connectivity index (χ2n) is 4.25. The Morgan fingerprint density at radius 3 is 2.68 bits per heavy atom. The Bertz CT molecular complexity index is 673. The van der Waals surface area contributed by atoms with Crippen molar-refractivity contribution in [1.29, 1.82) is 0 Å². The fourth-order valence-electron chi connectivity index (χ4n) is 2.10. The molecule has 0 bridgehead atoms. The summed E-state index contributed by atoms with van der Waals surface area (Å²) in [4.78, 5) is 4.66. The molecule has 0 N–H and O–H groups in total. The molecule has 0 amide bonds. The molecular weight excluding hydrogens is 306 g/mol. The van der Waals surface area contributed by atoms with Crippen molar-refractivity contribution in [2.75, 3.05) is 7.05 Å². The summed E-state index contributed by atoms with van der Waals surface area (Å²) < 4.78 is 28.3. The van der Waals surface area contributed by atoms with Crippen LogP contribution in [0.15, 0.2) is 16.6 Å². The van der Waals surface area contributed by atoms with E-state index in [2.05, 4.69) is 4.98 Å². The predicted molar refractivity (Wildman–Crippen MR) is 77.4 cm³/mol. The Kier molecular flexibility index (Phi) is 4.20. The zero-order chi connectivity index (χ0) is 14.2. The summed E-state index contributed by atoms with van der Waals surface area (Å²) in [6.07, 6.45) is 3.19. The predicted octanol–water partition coefficient (Wildman–Crippen LogP) is 2.86. The maximum Gasteiger partial charge on any atom is 0.262 e. The largest absolute Gasteiger partial charge is 0.279 e. The minimum Gasteiger partial charge on any atom is -0.279 e. The molecule has 2 rings (SSSR count). The normalized spacial score (nSPS) is 12.9. The van der Waals surface area contributed by atoms with Gasteiger partial charge >= 0.3 is 0 Å². The van der Waals surface area contributed by atoms with Gasteiger partial charge in [0.2, 0.25) is 0 Å². The third kappa shape index (κ3) is 2.40. The van der Waals surface area contributed by atoms with E-state index in [4.69, 9.17) is 11.6 Å². The highest BCUT2D eigenvalue weighted by Gasteiger charge is 2.32. The van der Waals surface area contributed by atoms with Crippen molar-refractivity contribution in [1.82, 2.24) is 13.7 Å². The number of rotatable bonds is 5. The topological polar surface area (TPSA) is 54.7 Å². The van der Waals surface area contributed by atoms with Crippen LogP contribution in [0.2, 0.25) is 5.15 Å². The van der Waals surface area contributed by atoms with Gasteiger partial charge in [0.05, 0.1) is 0 Å². The molecule has 8 heteroatoms. The molecule has 0 radical (unpaired) electrons. The molecule has 0 atom stereocenters. The average Bonchev–Trinajstić information content (AvgIpc) is 2.89. The van der Waals surface area contributed by atoms with Crippen LogP contribution in [-0.2, 0) is 10.0 Å². The van der Waals surface area contributed by atoms with Crippen LogP contribution in [0.3, 0.4) is 0 Å². The number of aromatic nitrogens is 2. The van der Waals surface area contributed by atoms with Crippen molar-refractivity contribution in [3.8, 4) is 0 Å². The lowest BCUT2D eigenvalue weighted by atomic mass is 10.2. The Morgan fingerprint density at radius 1 is 1.47 bits per heavy atom. The summed E-state index contributed by atoms with van der Waals surface area (Å²) in [6.45, 7) is 3.94. The molecule has 106 valence electrons. The van der Waals surface area contributed by atoms with Crippen LogP contribution >= 0.6 is 22.9 Å². The second kappa shape index (κ2) is 5.40. The quantitative estimate of drug-likeness (QED) is 0.851. The molecule has 19 heavy (non-hydrogen) atoms. The molecule has 0 aliphatic rings. The summed E-state index contributed by atoms with van der Waals surface area (Å²) >= 11 is 7.35. The first kappa shape index (κ1) is 14.8. The van der Waals surface area contributed by atoms with Gasteiger partial charge in [-0.2, -0.15) is 4.31 Å². The highest BCUT2D eigenvalue weighted by atomic mass is 35.5. The Morgan fingerprint density at radius 2 is 2.11 bits per heavy atom. The number of imidazole rings is 1. The van der Waals surface area contributed by atoms with Crippen LogP contribution in [0.5, 0.6) is 0 Å². The SMILES string of the molecule is CCC(CC)N(C)S(=O)(=O)c1c(Cl)nc2sccn12. The molecule has 0 aliphatic heterocycles. The van der Waals surface area contributed by atoms with Crippen molar-refractivity contribution >= 4 is 37.9 Å². The van der Waals surface area contributed by atoms with Gasteiger partial charge in [0.15, 0.2) is 15.1 Å². The number of halogens is 1.